The second kappa shape index (κ2) is 10.8. The van der Waals surface area contributed by atoms with Crippen LogP contribution in [0.25, 0.3) is 10.4 Å². The fourth-order valence-corrected chi connectivity index (χ4v) is 6.80. The number of thiophene rings is 1. The van der Waals surface area contributed by atoms with Gasteiger partial charge in [-0.25, -0.2) is 9.37 Å². The summed E-state index contributed by atoms with van der Waals surface area (Å²) in [4.78, 5) is 49.3. The third-order valence-electron chi connectivity index (χ3n) is 8.10. The van der Waals surface area contributed by atoms with Crippen molar-refractivity contribution in [1.82, 2.24) is 4.98 Å². The number of pyridine rings is 1. The molecule has 4 heterocycles. The van der Waals surface area contributed by atoms with Crippen LogP contribution in [0.5, 0.6) is 0 Å². The summed E-state index contributed by atoms with van der Waals surface area (Å²) in [6.07, 6.45) is 4.27. The van der Waals surface area contributed by atoms with Crippen molar-refractivity contribution in [2.45, 2.75) is 31.9 Å². The lowest BCUT2D eigenvalue weighted by molar-refractivity contribution is 0.0974. The molecule has 0 atom stereocenters. The van der Waals surface area contributed by atoms with Crippen LogP contribution < -0.4 is 15.1 Å². The van der Waals surface area contributed by atoms with E-state index in [1.54, 1.807) is 52.4 Å². The van der Waals surface area contributed by atoms with Crippen molar-refractivity contribution >= 4 is 46.1 Å². The molecule has 212 valence electrons. The lowest BCUT2D eigenvalue weighted by atomic mass is 10.1. The van der Waals surface area contributed by atoms with Gasteiger partial charge in [0.2, 0.25) is 0 Å². The first-order valence-electron chi connectivity index (χ1n) is 14.3. The van der Waals surface area contributed by atoms with Gasteiger partial charge in [0.1, 0.15) is 12.0 Å². The van der Waals surface area contributed by atoms with E-state index in [1.165, 1.54) is 11.3 Å². The zero-order valence-corrected chi connectivity index (χ0v) is 23.7. The van der Waals surface area contributed by atoms with Crippen molar-refractivity contribution in [3.8, 4) is 10.4 Å². The predicted molar refractivity (Wildman–Crippen MR) is 163 cm³/mol. The maximum Gasteiger partial charge on any atom is 0.259 e. The van der Waals surface area contributed by atoms with Crippen LogP contribution in [0, 0.1) is 5.92 Å². The second-order valence-corrected chi connectivity index (χ2v) is 12.2. The van der Waals surface area contributed by atoms with Crippen LogP contribution in [-0.2, 0) is 6.42 Å². The molecule has 7 nitrogen and oxygen atoms in total. The summed E-state index contributed by atoms with van der Waals surface area (Å²) in [5.74, 6) is 0.754. The number of hydrogen-bond donors (Lipinski definition) is 1. The second-order valence-electron chi connectivity index (χ2n) is 11.2. The molecule has 42 heavy (non-hydrogen) atoms. The molecule has 1 saturated carbocycles. The minimum absolute atomic E-state index is 0.131. The van der Waals surface area contributed by atoms with Gasteiger partial charge in [0.05, 0.1) is 29.2 Å². The highest BCUT2D eigenvalue weighted by Gasteiger charge is 2.31. The van der Waals surface area contributed by atoms with Gasteiger partial charge >= 0.3 is 0 Å². The Morgan fingerprint density at radius 2 is 1.79 bits per heavy atom. The maximum atomic E-state index is 13.8. The van der Waals surface area contributed by atoms with Gasteiger partial charge in [0.25, 0.3) is 11.8 Å². The van der Waals surface area contributed by atoms with E-state index in [4.69, 9.17) is 0 Å². The Bertz CT molecular complexity index is 1690. The van der Waals surface area contributed by atoms with E-state index in [0.717, 1.165) is 39.4 Å². The molecule has 2 aromatic carbocycles. The molecule has 1 aliphatic carbocycles. The first-order chi connectivity index (χ1) is 20.4. The van der Waals surface area contributed by atoms with Gasteiger partial charge in [-0.15, -0.1) is 11.3 Å². The van der Waals surface area contributed by atoms with Gasteiger partial charge in [0, 0.05) is 40.9 Å². The number of carbonyl (C=O) groups excluding carboxylic acids is 3. The van der Waals surface area contributed by atoms with Crippen LogP contribution in [0.3, 0.4) is 0 Å². The van der Waals surface area contributed by atoms with Crippen molar-refractivity contribution in [3.63, 3.8) is 0 Å². The highest BCUT2D eigenvalue weighted by atomic mass is 32.1. The average molecular weight is 581 g/mol. The van der Waals surface area contributed by atoms with Crippen LogP contribution in [0.1, 0.15) is 55.2 Å². The van der Waals surface area contributed by atoms with Crippen LogP contribution in [0.2, 0.25) is 0 Å². The number of fused-ring (bicyclic) bond motifs is 3. The molecule has 1 N–H and O–H groups in total. The molecule has 4 aromatic rings. The number of halogens is 1. The number of aromatic nitrogens is 1. The molecule has 9 heteroatoms. The van der Waals surface area contributed by atoms with Crippen molar-refractivity contribution in [1.29, 1.82) is 0 Å². The smallest absolute Gasteiger partial charge is 0.259 e. The minimum Gasteiger partial charge on any atom is -0.350 e. The van der Waals surface area contributed by atoms with E-state index in [1.807, 2.05) is 30.3 Å². The van der Waals surface area contributed by atoms with E-state index >= 15 is 0 Å². The van der Waals surface area contributed by atoms with E-state index in [9.17, 15) is 18.8 Å². The number of carbonyl (C=O) groups is 3. The Labute approximate surface area is 247 Å². The molecule has 0 spiro atoms. The van der Waals surface area contributed by atoms with E-state index < -0.39 is 6.17 Å². The molecule has 1 saturated heterocycles. The number of benzene rings is 2. The summed E-state index contributed by atoms with van der Waals surface area (Å²) in [7, 11) is 0. The summed E-state index contributed by atoms with van der Waals surface area (Å²) in [6.45, 7) is 0.941. The van der Waals surface area contributed by atoms with E-state index in [-0.39, 0.29) is 30.7 Å². The Hall–Kier alpha value is -4.37. The number of para-hydroxylation sites is 1. The lowest BCUT2D eigenvalue weighted by Gasteiger charge is -2.36. The molecule has 2 fully saturated rings. The lowest BCUT2D eigenvalue weighted by Crippen LogP contribution is -2.49. The highest BCUT2D eigenvalue weighted by molar-refractivity contribution is 7.17. The third kappa shape index (κ3) is 5.09. The summed E-state index contributed by atoms with van der Waals surface area (Å²) < 4.78 is 13.4. The van der Waals surface area contributed by atoms with Crippen molar-refractivity contribution in [2.24, 2.45) is 5.92 Å². The summed E-state index contributed by atoms with van der Waals surface area (Å²) in [5.41, 5.74) is 4.31. The van der Waals surface area contributed by atoms with Crippen LogP contribution in [0.4, 0.5) is 21.6 Å². The normalized spacial score (nSPS) is 16.2. The van der Waals surface area contributed by atoms with E-state index in [0.29, 0.717) is 47.9 Å². The fraction of sp³-hybridized carbons (Fsp3) is 0.273. The molecule has 0 bridgehead atoms. The SMILES string of the molecule is O=C(CC1CC1)c1cc2c(s1)-c1ccccc1N(C(=O)c1ccc(NC(=O)c3cccnc3N3CC(F)C3)cc1)CC2. The largest absolute Gasteiger partial charge is 0.350 e. The Morgan fingerprint density at radius 1 is 1.00 bits per heavy atom. The van der Waals surface area contributed by atoms with Crippen LogP contribution >= 0.6 is 11.3 Å². The molecule has 7 rings (SSSR count). The number of anilines is 3. The number of ketones is 1. The van der Waals surface area contributed by atoms with E-state index in [2.05, 4.69) is 10.3 Å². The molecule has 3 aliphatic rings. The van der Waals surface area contributed by atoms with Crippen LogP contribution in [-0.4, -0.2) is 48.4 Å². The molecular formula is C33H29FN4O3S. The highest BCUT2D eigenvalue weighted by Crippen LogP contribution is 2.43. The fourth-order valence-electron chi connectivity index (χ4n) is 5.60. The maximum absolute atomic E-state index is 13.8. The summed E-state index contributed by atoms with van der Waals surface area (Å²) in [5, 5.41) is 2.87. The number of Topliss-reactive ketones (excluding diaryl/α,β-unsaturated/α-hetero) is 1. The Morgan fingerprint density at radius 3 is 2.55 bits per heavy atom. The van der Waals surface area contributed by atoms with Crippen molar-refractivity contribution in [2.75, 3.05) is 34.8 Å². The van der Waals surface area contributed by atoms with Gasteiger partial charge in [-0.2, -0.15) is 0 Å². The van der Waals surface area contributed by atoms with Gasteiger partial charge in [-0.3, -0.25) is 14.4 Å². The standard InChI is InChI=1S/C33H29FN4O3S/c34-23-18-37(19-23)31-26(5-3-14-35-31)32(40)36-24-11-9-21(10-12-24)33(41)38-15-13-22-17-29(28(39)16-20-7-8-20)42-30(22)25-4-1-2-6-27(25)38/h1-6,9-12,14,17,20,23H,7-8,13,15-16,18-19H2,(H,36,40). The number of amides is 2. The van der Waals surface area contributed by atoms with Crippen molar-refractivity contribution in [3.05, 3.63) is 94.5 Å². The number of nitrogens with zero attached hydrogens (tertiary/aromatic N) is 3. The number of hydrogen-bond acceptors (Lipinski definition) is 6. The Balaban J connectivity index is 1.09. The predicted octanol–water partition coefficient (Wildman–Crippen LogP) is 6.41. The zero-order valence-electron chi connectivity index (χ0n) is 22.9. The quantitative estimate of drug-likeness (QED) is 0.256. The topological polar surface area (TPSA) is 82.6 Å². The molecule has 2 aliphatic heterocycles. The van der Waals surface area contributed by atoms with Gasteiger partial charge in [-0.05, 0) is 79.3 Å². The molecule has 2 aromatic heterocycles. The first-order valence-corrected chi connectivity index (χ1v) is 15.1. The molecular weight excluding hydrogens is 551 g/mol. The molecule has 0 unspecified atom stereocenters. The van der Waals surface area contributed by atoms with Crippen LogP contribution in [0.15, 0.2) is 72.9 Å². The zero-order chi connectivity index (χ0) is 28.8. The first kappa shape index (κ1) is 26.5. The summed E-state index contributed by atoms with van der Waals surface area (Å²) >= 11 is 1.54. The minimum atomic E-state index is -0.908. The Kier molecular flexibility index (Phi) is 6.82. The summed E-state index contributed by atoms with van der Waals surface area (Å²) in [6, 6.07) is 20.1. The number of nitrogens with one attached hydrogen (secondary N) is 1. The average Bonchev–Trinajstić information content (AvgIpc) is 3.74. The number of rotatable bonds is 7. The third-order valence-corrected chi connectivity index (χ3v) is 9.35. The van der Waals surface area contributed by atoms with Gasteiger partial charge in [-0.1, -0.05) is 18.2 Å². The number of alkyl halides is 1. The van der Waals surface area contributed by atoms with Gasteiger partial charge < -0.3 is 15.1 Å². The molecule has 2 amide bonds. The monoisotopic (exact) mass is 580 g/mol. The van der Waals surface area contributed by atoms with Crippen molar-refractivity contribution < 1.29 is 18.8 Å². The van der Waals surface area contributed by atoms with Gasteiger partial charge in [0.15, 0.2) is 5.78 Å². The molecule has 0 radical (unpaired) electrons.